The van der Waals surface area contributed by atoms with Crippen molar-refractivity contribution in [1.82, 2.24) is 9.78 Å². The number of rotatable bonds is 5. The minimum Gasteiger partial charge on any atom is -0.457 e. The zero-order valence-corrected chi connectivity index (χ0v) is 14.5. The number of carbonyl (C=O) groups excluding carboxylic acids is 2. The summed E-state index contributed by atoms with van der Waals surface area (Å²) in [5, 5.41) is 4.73. The Morgan fingerprint density at radius 3 is 2.62 bits per heavy atom. The molecule has 0 aliphatic rings. The Morgan fingerprint density at radius 2 is 1.96 bits per heavy atom. The van der Waals surface area contributed by atoms with Crippen LogP contribution in [0.4, 0.5) is 0 Å². The molecule has 128 valence electrons. The Morgan fingerprint density at radius 1 is 1.25 bits per heavy atom. The van der Waals surface area contributed by atoms with E-state index < -0.39 is 24.1 Å². The van der Waals surface area contributed by atoms with E-state index in [1.165, 1.54) is 6.20 Å². The molecule has 0 atom stereocenters. The van der Waals surface area contributed by atoms with Gasteiger partial charge < -0.3 is 9.47 Å². The van der Waals surface area contributed by atoms with Gasteiger partial charge in [-0.15, -0.1) is 0 Å². The molecule has 7 heteroatoms. The second-order valence-electron chi connectivity index (χ2n) is 6.18. The Hall–Kier alpha value is -2.34. The number of halogens is 1. The van der Waals surface area contributed by atoms with Crippen molar-refractivity contribution in [2.75, 3.05) is 6.61 Å². The van der Waals surface area contributed by atoms with Gasteiger partial charge in [-0.2, -0.15) is 5.10 Å². The van der Waals surface area contributed by atoms with Crippen molar-refractivity contribution < 1.29 is 19.1 Å². The summed E-state index contributed by atoms with van der Waals surface area (Å²) < 4.78 is 11.6. The minimum atomic E-state index is -0.633. The van der Waals surface area contributed by atoms with Gasteiger partial charge >= 0.3 is 11.9 Å². The second-order valence-corrected chi connectivity index (χ2v) is 6.59. The first kappa shape index (κ1) is 18.0. The summed E-state index contributed by atoms with van der Waals surface area (Å²) in [4.78, 5) is 23.5. The Labute approximate surface area is 145 Å². The fourth-order valence-electron chi connectivity index (χ4n) is 1.94. The summed E-state index contributed by atoms with van der Waals surface area (Å²) in [5.74, 6) is -1.23. The lowest BCUT2D eigenvalue weighted by atomic mass is 10.2. The fraction of sp³-hybridized carbons (Fsp3) is 0.353. The van der Waals surface area contributed by atoms with E-state index >= 15 is 0 Å². The number of hydrogen-bond donors (Lipinski definition) is 0. The lowest BCUT2D eigenvalue weighted by Gasteiger charge is -2.19. The van der Waals surface area contributed by atoms with Crippen molar-refractivity contribution in [3.8, 4) is 0 Å². The molecule has 0 radical (unpaired) electrons. The third kappa shape index (κ3) is 5.38. The van der Waals surface area contributed by atoms with Crippen LogP contribution in [0.15, 0.2) is 36.7 Å². The molecule has 0 saturated heterocycles. The van der Waals surface area contributed by atoms with Crippen molar-refractivity contribution in [2.45, 2.75) is 32.9 Å². The third-order valence-electron chi connectivity index (χ3n) is 2.90. The fourth-order valence-corrected chi connectivity index (χ4v) is 2.13. The van der Waals surface area contributed by atoms with E-state index in [-0.39, 0.29) is 5.56 Å². The average molecular weight is 351 g/mol. The molecule has 24 heavy (non-hydrogen) atoms. The molecule has 0 saturated carbocycles. The molecule has 0 unspecified atom stereocenters. The van der Waals surface area contributed by atoms with Gasteiger partial charge in [0.05, 0.1) is 18.3 Å². The molecule has 1 aromatic heterocycles. The smallest absolute Gasteiger partial charge is 0.344 e. The van der Waals surface area contributed by atoms with E-state index in [1.807, 2.05) is 18.2 Å². The zero-order valence-electron chi connectivity index (χ0n) is 13.8. The first-order chi connectivity index (χ1) is 11.2. The van der Waals surface area contributed by atoms with Crippen molar-refractivity contribution in [1.29, 1.82) is 0 Å². The van der Waals surface area contributed by atoms with Crippen LogP contribution in [0.1, 0.15) is 36.7 Å². The monoisotopic (exact) mass is 350 g/mol. The molecule has 6 nitrogen and oxygen atoms in total. The van der Waals surface area contributed by atoms with Crippen LogP contribution in [0.3, 0.4) is 0 Å². The van der Waals surface area contributed by atoms with Crippen molar-refractivity contribution >= 4 is 23.5 Å². The highest BCUT2D eigenvalue weighted by atomic mass is 35.5. The summed E-state index contributed by atoms with van der Waals surface area (Å²) in [6.45, 7) is 5.22. The van der Waals surface area contributed by atoms with E-state index in [1.54, 1.807) is 37.7 Å². The molecule has 0 bridgehead atoms. The van der Waals surface area contributed by atoms with Crippen LogP contribution < -0.4 is 0 Å². The molecule has 0 spiro atoms. The van der Waals surface area contributed by atoms with Crippen molar-refractivity contribution in [2.24, 2.45) is 0 Å². The predicted octanol–water partition coefficient (Wildman–Crippen LogP) is 3.08. The van der Waals surface area contributed by atoms with Gasteiger partial charge in [0.2, 0.25) is 0 Å². The largest absolute Gasteiger partial charge is 0.457 e. The molecule has 0 amide bonds. The van der Waals surface area contributed by atoms with Gasteiger partial charge in [-0.3, -0.25) is 4.68 Å². The van der Waals surface area contributed by atoms with Crippen LogP contribution in [0.25, 0.3) is 0 Å². The normalized spacial score (nSPS) is 11.2. The quantitative estimate of drug-likeness (QED) is 0.775. The number of esters is 2. The molecule has 0 N–H and O–H groups in total. The highest BCUT2D eigenvalue weighted by Gasteiger charge is 2.18. The lowest BCUT2D eigenvalue weighted by Crippen LogP contribution is -2.27. The van der Waals surface area contributed by atoms with Crippen molar-refractivity contribution in [3.63, 3.8) is 0 Å². The van der Waals surface area contributed by atoms with Gasteiger partial charge in [-0.05, 0) is 32.4 Å². The maximum absolute atomic E-state index is 11.9. The number of ether oxygens (including phenoxy) is 2. The SMILES string of the molecule is CC(C)(C)OC(=O)COC(=O)c1cnn(Cc2ccccc2Cl)c1. The van der Waals surface area contributed by atoms with Crippen LogP contribution in [-0.2, 0) is 20.8 Å². The number of benzene rings is 1. The first-order valence-electron chi connectivity index (χ1n) is 7.39. The summed E-state index contributed by atoms with van der Waals surface area (Å²) in [6, 6.07) is 7.38. The van der Waals surface area contributed by atoms with Gasteiger partial charge in [-0.25, -0.2) is 9.59 Å². The van der Waals surface area contributed by atoms with Gasteiger partial charge in [0.15, 0.2) is 6.61 Å². The lowest BCUT2D eigenvalue weighted by molar-refractivity contribution is -0.158. The molecular weight excluding hydrogens is 332 g/mol. The summed E-state index contributed by atoms with van der Waals surface area (Å²) in [6.07, 6.45) is 2.93. The Bertz CT molecular complexity index is 734. The number of nitrogens with zero attached hydrogens (tertiary/aromatic N) is 2. The number of hydrogen-bond acceptors (Lipinski definition) is 5. The van der Waals surface area contributed by atoms with Gasteiger partial charge in [-0.1, -0.05) is 29.8 Å². The molecule has 1 heterocycles. The molecule has 2 rings (SSSR count). The number of carbonyl (C=O) groups is 2. The topological polar surface area (TPSA) is 70.4 Å². The highest BCUT2D eigenvalue weighted by molar-refractivity contribution is 6.31. The first-order valence-corrected chi connectivity index (χ1v) is 7.77. The highest BCUT2D eigenvalue weighted by Crippen LogP contribution is 2.16. The van der Waals surface area contributed by atoms with E-state index in [0.717, 1.165) is 5.56 Å². The molecule has 0 aliphatic heterocycles. The van der Waals surface area contributed by atoms with Crippen molar-refractivity contribution in [3.05, 3.63) is 52.8 Å². The van der Waals surface area contributed by atoms with Gasteiger partial charge in [0.1, 0.15) is 5.60 Å². The van der Waals surface area contributed by atoms with Gasteiger partial charge in [0.25, 0.3) is 0 Å². The number of aromatic nitrogens is 2. The molecule has 1 aromatic carbocycles. The zero-order chi connectivity index (χ0) is 17.7. The molecule has 0 fully saturated rings. The molecule has 2 aromatic rings. The maximum Gasteiger partial charge on any atom is 0.344 e. The van der Waals surface area contributed by atoms with E-state index in [0.29, 0.717) is 11.6 Å². The molecule has 0 aliphatic carbocycles. The predicted molar refractivity (Wildman–Crippen MR) is 88.9 cm³/mol. The van der Waals surface area contributed by atoms with Crippen LogP contribution in [-0.4, -0.2) is 33.9 Å². The van der Waals surface area contributed by atoms with E-state index in [4.69, 9.17) is 21.1 Å². The summed E-state index contributed by atoms with van der Waals surface area (Å²) >= 11 is 6.10. The Balaban J connectivity index is 1.92. The van der Waals surface area contributed by atoms with Crippen LogP contribution in [0.5, 0.6) is 0 Å². The average Bonchev–Trinajstić information content (AvgIpc) is 2.94. The van der Waals surface area contributed by atoms with Crippen LogP contribution >= 0.6 is 11.6 Å². The standard InChI is InChI=1S/C17H19ClN2O4/c1-17(2,3)24-15(21)11-23-16(22)13-8-19-20(10-13)9-12-6-4-5-7-14(12)18/h4-8,10H,9,11H2,1-3H3. The van der Waals surface area contributed by atoms with Crippen LogP contribution in [0.2, 0.25) is 5.02 Å². The van der Waals surface area contributed by atoms with E-state index in [2.05, 4.69) is 5.10 Å². The minimum absolute atomic E-state index is 0.255. The summed E-state index contributed by atoms with van der Waals surface area (Å²) in [5.41, 5.74) is 0.519. The Kier molecular flexibility index (Phi) is 5.62. The molecular formula is C17H19ClN2O4. The summed E-state index contributed by atoms with van der Waals surface area (Å²) in [7, 11) is 0. The van der Waals surface area contributed by atoms with Gasteiger partial charge in [0, 0.05) is 11.2 Å². The van der Waals surface area contributed by atoms with Crippen LogP contribution in [0, 0.1) is 0 Å². The second kappa shape index (κ2) is 7.49. The van der Waals surface area contributed by atoms with E-state index in [9.17, 15) is 9.59 Å². The maximum atomic E-state index is 11.9. The third-order valence-corrected chi connectivity index (χ3v) is 3.27.